The molecule has 4 nitrogen and oxygen atoms in total. The summed E-state index contributed by atoms with van der Waals surface area (Å²) < 4.78 is 5.47. The number of ether oxygens (including phenoxy) is 1. The van der Waals surface area contributed by atoms with Crippen LogP contribution >= 0.6 is 12.4 Å². The van der Waals surface area contributed by atoms with Gasteiger partial charge in [0.05, 0.1) is 7.11 Å². The summed E-state index contributed by atoms with van der Waals surface area (Å²) in [6.07, 6.45) is 5.74. The molecule has 3 fully saturated rings. The Morgan fingerprint density at radius 2 is 2.00 bits per heavy atom. The van der Waals surface area contributed by atoms with E-state index in [0.29, 0.717) is 23.9 Å². The first-order chi connectivity index (χ1) is 11.2. The molecule has 1 N–H and O–H groups in total. The van der Waals surface area contributed by atoms with Crippen LogP contribution in [0.1, 0.15) is 37.7 Å². The lowest BCUT2D eigenvalue weighted by Crippen LogP contribution is -2.37. The van der Waals surface area contributed by atoms with Crippen LogP contribution in [0.15, 0.2) is 24.3 Å². The number of methoxy groups -OCH3 is 1. The highest BCUT2D eigenvalue weighted by Crippen LogP contribution is 2.59. The summed E-state index contributed by atoms with van der Waals surface area (Å²) in [5, 5.41) is 3.42. The molecule has 1 atom stereocenters. The number of hydrogen-bond acceptors (Lipinski definition) is 3. The lowest BCUT2D eigenvalue weighted by molar-refractivity contribution is -0.134. The number of para-hydroxylation sites is 1. The molecule has 24 heavy (non-hydrogen) atoms. The minimum atomic E-state index is 0. The zero-order valence-corrected chi connectivity index (χ0v) is 15.1. The second-order valence-corrected chi connectivity index (χ2v) is 7.38. The van der Waals surface area contributed by atoms with Crippen LogP contribution in [0.5, 0.6) is 5.75 Å². The van der Waals surface area contributed by atoms with Gasteiger partial charge >= 0.3 is 0 Å². The average Bonchev–Trinajstić information content (AvgIpc) is 3.50. The van der Waals surface area contributed by atoms with Gasteiger partial charge in [0.1, 0.15) is 5.75 Å². The van der Waals surface area contributed by atoms with Crippen LogP contribution in [0.2, 0.25) is 0 Å². The fourth-order valence-corrected chi connectivity index (χ4v) is 4.16. The molecule has 0 aromatic heterocycles. The van der Waals surface area contributed by atoms with E-state index in [0.717, 1.165) is 56.5 Å². The number of nitrogens with zero attached hydrogens (tertiary/aromatic N) is 1. The Labute approximate surface area is 150 Å². The number of rotatable bonds is 5. The molecule has 1 aromatic rings. The fraction of sp³-hybridized carbons (Fsp3) is 0.632. The van der Waals surface area contributed by atoms with Gasteiger partial charge in [-0.15, -0.1) is 12.4 Å². The molecule has 2 saturated carbocycles. The van der Waals surface area contributed by atoms with Gasteiger partial charge in [-0.05, 0) is 56.7 Å². The second-order valence-electron chi connectivity index (χ2n) is 7.38. The monoisotopic (exact) mass is 350 g/mol. The highest BCUT2D eigenvalue weighted by Gasteiger charge is 2.59. The van der Waals surface area contributed by atoms with Crippen molar-refractivity contribution in [2.24, 2.45) is 11.3 Å². The van der Waals surface area contributed by atoms with Gasteiger partial charge in [-0.3, -0.25) is 4.79 Å². The highest BCUT2D eigenvalue weighted by atomic mass is 35.5. The molecule has 2 aliphatic carbocycles. The Balaban J connectivity index is 0.00000169. The molecule has 1 aliphatic heterocycles. The molecule has 3 aliphatic rings. The summed E-state index contributed by atoms with van der Waals surface area (Å²) in [6, 6.07) is 8.52. The molecule has 1 aromatic carbocycles. The zero-order chi connectivity index (χ0) is 15.9. The van der Waals surface area contributed by atoms with Gasteiger partial charge in [-0.2, -0.15) is 0 Å². The molecule has 1 amide bonds. The van der Waals surface area contributed by atoms with Crippen LogP contribution < -0.4 is 10.1 Å². The molecule has 4 rings (SSSR count). The van der Waals surface area contributed by atoms with Crippen LogP contribution in [0, 0.1) is 11.3 Å². The Morgan fingerprint density at radius 1 is 1.29 bits per heavy atom. The van der Waals surface area contributed by atoms with Gasteiger partial charge in [0.15, 0.2) is 0 Å². The van der Waals surface area contributed by atoms with Crippen LogP contribution in [0.4, 0.5) is 0 Å². The van der Waals surface area contributed by atoms with Crippen LogP contribution in [0.25, 0.3) is 0 Å². The number of benzene rings is 1. The molecule has 0 radical (unpaired) electrons. The van der Waals surface area contributed by atoms with E-state index < -0.39 is 0 Å². The third kappa shape index (κ3) is 3.27. The van der Waals surface area contributed by atoms with Gasteiger partial charge < -0.3 is 15.0 Å². The van der Waals surface area contributed by atoms with Crippen molar-refractivity contribution in [2.45, 2.75) is 44.7 Å². The van der Waals surface area contributed by atoms with Crippen LogP contribution in [-0.4, -0.2) is 37.0 Å². The predicted octanol–water partition coefficient (Wildman–Crippen LogP) is 3.00. The van der Waals surface area contributed by atoms with E-state index in [1.807, 2.05) is 18.2 Å². The standard InChI is InChI=1S/C19H26N2O2.ClH/c1-23-17-5-3-2-4-14(17)13-21(15-6-7-15)18(22)16-12-19(16)8-10-20-11-9-19;/h2-5,15-16,20H,6-13H2,1H3;1H. The SMILES string of the molecule is COc1ccccc1CN(C(=O)C1CC12CCNCC2)C1CC1.Cl. The maximum Gasteiger partial charge on any atom is 0.226 e. The summed E-state index contributed by atoms with van der Waals surface area (Å²) in [4.78, 5) is 15.3. The molecular formula is C19H27ClN2O2. The number of carbonyl (C=O) groups excluding carboxylic acids is 1. The Bertz CT molecular complexity index is 597. The van der Waals surface area contributed by atoms with E-state index in [2.05, 4.69) is 16.3 Å². The summed E-state index contributed by atoms with van der Waals surface area (Å²) in [7, 11) is 1.70. The molecule has 132 valence electrons. The summed E-state index contributed by atoms with van der Waals surface area (Å²) in [5.74, 6) is 1.54. The smallest absolute Gasteiger partial charge is 0.226 e. The molecule has 0 bridgehead atoms. The number of amides is 1. The minimum Gasteiger partial charge on any atom is -0.496 e. The number of piperidine rings is 1. The first-order valence-electron chi connectivity index (χ1n) is 8.87. The van der Waals surface area contributed by atoms with Crippen molar-refractivity contribution in [1.29, 1.82) is 0 Å². The van der Waals surface area contributed by atoms with Crippen molar-refractivity contribution in [3.05, 3.63) is 29.8 Å². The van der Waals surface area contributed by atoms with E-state index in [-0.39, 0.29) is 18.3 Å². The van der Waals surface area contributed by atoms with Gasteiger partial charge in [-0.1, -0.05) is 18.2 Å². The molecule has 5 heteroatoms. The molecule has 1 saturated heterocycles. The summed E-state index contributed by atoms with van der Waals surface area (Å²) in [6.45, 7) is 2.83. The molecular weight excluding hydrogens is 324 g/mol. The zero-order valence-electron chi connectivity index (χ0n) is 14.3. The number of halogens is 1. The van der Waals surface area contributed by atoms with Gasteiger partial charge in [0, 0.05) is 24.1 Å². The summed E-state index contributed by atoms with van der Waals surface area (Å²) in [5.41, 5.74) is 1.44. The number of nitrogens with one attached hydrogen (secondary N) is 1. The van der Waals surface area contributed by atoms with E-state index in [9.17, 15) is 4.79 Å². The highest BCUT2D eigenvalue weighted by molar-refractivity contribution is 5.85. The first-order valence-corrected chi connectivity index (χ1v) is 8.87. The predicted molar refractivity (Wildman–Crippen MR) is 96.5 cm³/mol. The van der Waals surface area contributed by atoms with Crippen molar-refractivity contribution in [3.8, 4) is 5.75 Å². The normalized spacial score (nSPS) is 24.1. The third-order valence-electron chi connectivity index (χ3n) is 5.89. The largest absolute Gasteiger partial charge is 0.496 e. The van der Waals surface area contributed by atoms with Gasteiger partial charge in [0.2, 0.25) is 5.91 Å². The van der Waals surface area contributed by atoms with E-state index in [1.165, 1.54) is 0 Å². The number of hydrogen-bond donors (Lipinski definition) is 1. The van der Waals surface area contributed by atoms with E-state index in [1.54, 1.807) is 7.11 Å². The van der Waals surface area contributed by atoms with Crippen molar-refractivity contribution in [1.82, 2.24) is 10.2 Å². The molecule has 1 heterocycles. The fourth-order valence-electron chi connectivity index (χ4n) is 4.16. The van der Waals surface area contributed by atoms with Gasteiger partial charge in [-0.25, -0.2) is 0 Å². The van der Waals surface area contributed by atoms with E-state index in [4.69, 9.17) is 4.74 Å². The Morgan fingerprint density at radius 3 is 2.67 bits per heavy atom. The van der Waals surface area contributed by atoms with Crippen molar-refractivity contribution in [3.63, 3.8) is 0 Å². The summed E-state index contributed by atoms with van der Waals surface area (Å²) >= 11 is 0. The lowest BCUT2D eigenvalue weighted by atomic mass is 9.91. The Kier molecular flexibility index (Phi) is 5.07. The second kappa shape index (κ2) is 6.93. The minimum absolute atomic E-state index is 0. The third-order valence-corrected chi connectivity index (χ3v) is 5.89. The lowest BCUT2D eigenvalue weighted by Gasteiger charge is -2.27. The first kappa shape index (κ1) is 17.6. The maximum atomic E-state index is 13.1. The quantitative estimate of drug-likeness (QED) is 0.887. The van der Waals surface area contributed by atoms with Crippen molar-refractivity contribution >= 4 is 18.3 Å². The van der Waals surface area contributed by atoms with Crippen molar-refractivity contribution < 1.29 is 9.53 Å². The van der Waals surface area contributed by atoms with Gasteiger partial charge in [0.25, 0.3) is 0 Å². The van der Waals surface area contributed by atoms with Crippen LogP contribution in [0.3, 0.4) is 0 Å². The topological polar surface area (TPSA) is 41.6 Å². The molecule has 1 spiro atoms. The van der Waals surface area contributed by atoms with Crippen molar-refractivity contribution in [2.75, 3.05) is 20.2 Å². The average molecular weight is 351 g/mol. The molecule has 1 unspecified atom stereocenters. The maximum absolute atomic E-state index is 13.1. The van der Waals surface area contributed by atoms with E-state index >= 15 is 0 Å². The Hall–Kier alpha value is -1.26. The number of carbonyl (C=O) groups is 1. The van der Waals surface area contributed by atoms with Crippen LogP contribution in [-0.2, 0) is 11.3 Å².